The number of carboxylic acids is 1. The second-order valence-electron chi connectivity index (χ2n) is 5.63. The summed E-state index contributed by atoms with van der Waals surface area (Å²) in [6.07, 6.45) is 0.136. The van der Waals surface area contributed by atoms with Gasteiger partial charge in [0.1, 0.15) is 18.1 Å². The molecular weight excluding hydrogens is 348 g/mol. The van der Waals surface area contributed by atoms with E-state index in [-0.39, 0.29) is 6.61 Å². The number of hydrogen-bond donors (Lipinski definition) is 1. The topological polar surface area (TPSA) is 82.1 Å². The zero-order chi connectivity index (χ0) is 20.1. The molecule has 0 fully saturated rings. The molecule has 0 bridgehead atoms. The van der Waals surface area contributed by atoms with E-state index in [9.17, 15) is 9.59 Å². The van der Waals surface area contributed by atoms with Crippen LogP contribution in [0.15, 0.2) is 48.5 Å². The lowest BCUT2D eigenvalue weighted by Crippen LogP contribution is -2.26. The van der Waals surface area contributed by atoms with Gasteiger partial charge in [-0.05, 0) is 49.2 Å². The predicted octanol–water partition coefficient (Wildman–Crippen LogP) is 3.30. The molecule has 0 spiro atoms. The van der Waals surface area contributed by atoms with E-state index in [0.29, 0.717) is 25.1 Å². The minimum atomic E-state index is -0.974. The average Bonchev–Trinajstić information content (AvgIpc) is 2.67. The first-order chi connectivity index (χ1) is 13.0. The quantitative estimate of drug-likeness (QED) is 0.678. The summed E-state index contributed by atoms with van der Waals surface area (Å²) in [6.45, 7) is 4.17. The van der Waals surface area contributed by atoms with Gasteiger partial charge in [0.15, 0.2) is 12.4 Å². The van der Waals surface area contributed by atoms with Gasteiger partial charge < -0.3 is 19.3 Å². The van der Waals surface area contributed by atoms with Crippen LogP contribution in [0.25, 0.3) is 0 Å². The molecule has 0 aliphatic heterocycles. The van der Waals surface area contributed by atoms with E-state index in [1.54, 1.807) is 38.3 Å². The Morgan fingerprint density at radius 1 is 1.15 bits per heavy atom. The van der Waals surface area contributed by atoms with E-state index in [1.807, 2.05) is 31.2 Å². The number of carbonyl (C=O) groups excluding carboxylic acids is 1. The van der Waals surface area contributed by atoms with Crippen molar-refractivity contribution in [3.63, 3.8) is 0 Å². The molecule has 2 rings (SSSR count). The molecule has 1 unspecified atom stereocenters. The van der Waals surface area contributed by atoms with Gasteiger partial charge in [-0.1, -0.05) is 24.3 Å². The van der Waals surface area contributed by atoms with Crippen molar-refractivity contribution in [3.8, 4) is 11.5 Å². The third-order valence-electron chi connectivity index (χ3n) is 3.53. The van der Waals surface area contributed by atoms with Crippen LogP contribution in [-0.2, 0) is 20.7 Å². The third kappa shape index (κ3) is 8.87. The van der Waals surface area contributed by atoms with Crippen LogP contribution >= 0.6 is 0 Å². The maximum atomic E-state index is 10.9. The van der Waals surface area contributed by atoms with Crippen molar-refractivity contribution in [2.75, 3.05) is 20.3 Å². The molecule has 1 atom stereocenters. The number of aldehydes is 1. The summed E-state index contributed by atoms with van der Waals surface area (Å²) >= 11 is 0. The molecule has 0 saturated heterocycles. The maximum absolute atomic E-state index is 10.9. The Kier molecular flexibility index (Phi) is 10.3. The Morgan fingerprint density at radius 2 is 1.85 bits per heavy atom. The molecule has 146 valence electrons. The zero-order valence-electron chi connectivity index (χ0n) is 15.9. The van der Waals surface area contributed by atoms with Gasteiger partial charge in [0, 0.05) is 13.0 Å². The number of aryl methyl sites for hydroxylation is 1. The van der Waals surface area contributed by atoms with E-state index >= 15 is 0 Å². The first-order valence-corrected chi connectivity index (χ1v) is 8.60. The largest absolute Gasteiger partial charge is 0.497 e. The summed E-state index contributed by atoms with van der Waals surface area (Å²) in [5, 5.41) is 8.95. The van der Waals surface area contributed by atoms with Crippen LogP contribution in [0.4, 0.5) is 0 Å². The molecule has 1 N–H and O–H groups in total. The fourth-order valence-electron chi connectivity index (χ4n) is 2.23. The normalized spacial score (nSPS) is 10.9. The van der Waals surface area contributed by atoms with Crippen LogP contribution in [0.3, 0.4) is 0 Å². The van der Waals surface area contributed by atoms with Gasteiger partial charge >= 0.3 is 5.97 Å². The van der Waals surface area contributed by atoms with E-state index in [1.165, 1.54) is 5.56 Å². The minimum absolute atomic E-state index is 0.00996. The number of benzene rings is 2. The van der Waals surface area contributed by atoms with Crippen molar-refractivity contribution in [1.29, 1.82) is 0 Å². The highest BCUT2D eigenvalue weighted by molar-refractivity contribution is 5.72. The van der Waals surface area contributed by atoms with Gasteiger partial charge in [0.05, 0.1) is 7.11 Å². The van der Waals surface area contributed by atoms with Gasteiger partial charge in [-0.15, -0.1) is 0 Å². The molecule has 0 heterocycles. The fraction of sp³-hybridized carbons (Fsp3) is 0.333. The smallest absolute Gasteiger partial charge is 0.333 e. The van der Waals surface area contributed by atoms with Crippen LogP contribution in [0.5, 0.6) is 11.5 Å². The second kappa shape index (κ2) is 12.5. The molecule has 0 aliphatic carbocycles. The monoisotopic (exact) mass is 374 g/mol. The number of rotatable bonds is 9. The Balaban J connectivity index is 0.000000337. The van der Waals surface area contributed by atoms with Gasteiger partial charge in [-0.2, -0.15) is 0 Å². The lowest BCUT2D eigenvalue weighted by Gasteiger charge is -2.12. The second-order valence-corrected chi connectivity index (χ2v) is 5.63. The van der Waals surface area contributed by atoms with E-state index < -0.39 is 12.1 Å². The molecule has 0 aromatic heterocycles. The maximum Gasteiger partial charge on any atom is 0.333 e. The molecule has 6 nitrogen and oxygen atoms in total. The van der Waals surface area contributed by atoms with Crippen LogP contribution in [0.1, 0.15) is 18.1 Å². The highest BCUT2D eigenvalue weighted by atomic mass is 16.5. The minimum Gasteiger partial charge on any atom is -0.497 e. The Hall–Kier alpha value is -2.86. The van der Waals surface area contributed by atoms with Crippen molar-refractivity contribution in [2.24, 2.45) is 0 Å². The number of hydrogen-bond acceptors (Lipinski definition) is 5. The number of methoxy groups -OCH3 is 1. The van der Waals surface area contributed by atoms with Crippen LogP contribution in [0, 0.1) is 6.92 Å². The summed E-state index contributed by atoms with van der Waals surface area (Å²) in [6, 6.07) is 14.9. The number of ether oxygens (including phenoxy) is 3. The van der Waals surface area contributed by atoms with Crippen LogP contribution in [-0.4, -0.2) is 43.8 Å². The molecule has 0 radical (unpaired) electrons. The number of aliphatic carboxylic acids is 1. The molecule has 6 heteroatoms. The predicted molar refractivity (Wildman–Crippen MR) is 102 cm³/mol. The highest BCUT2D eigenvalue weighted by Crippen LogP contribution is 2.14. The van der Waals surface area contributed by atoms with E-state index in [4.69, 9.17) is 19.3 Å². The van der Waals surface area contributed by atoms with Crippen molar-refractivity contribution in [2.45, 2.75) is 26.4 Å². The zero-order valence-corrected chi connectivity index (χ0v) is 15.9. The summed E-state index contributed by atoms with van der Waals surface area (Å²) in [4.78, 5) is 21.0. The molecule has 0 aliphatic rings. The molecule has 0 amide bonds. The standard InChI is InChI=1S/C13H16O5.C8H10O/c1-2-17-12(13(15)16)9-10-3-5-11(6-4-10)18-8-7-14;1-7-4-3-5-8(6-7)9-2/h3-7,12H,2,8-9H2,1H3,(H,15,16);3-6H,1-2H3. The lowest BCUT2D eigenvalue weighted by molar-refractivity contribution is -0.149. The Bertz CT molecular complexity index is 696. The summed E-state index contributed by atoms with van der Waals surface area (Å²) < 4.78 is 15.2. The third-order valence-corrected chi connectivity index (χ3v) is 3.53. The first kappa shape index (κ1) is 22.2. The summed E-state index contributed by atoms with van der Waals surface area (Å²) in [5.41, 5.74) is 2.07. The van der Waals surface area contributed by atoms with Gasteiger partial charge in [0.2, 0.25) is 0 Å². The van der Waals surface area contributed by atoms with Crippen LogP contribution in [0.2, 0.25) is 0 Å². The van der Waals surface area contributed by atoms with Crippen molar-refractivity contribution in [3.05, 3.63) is 59.7 Å². The highest BCUT2D eigenvalue weighted by Gasteiger charge is 2.17. The Morgan fingerprint density at radius 3 is 2.33 bits per heavy atom. The van der Waals surface area contributed by atoms with Crippen molar-refractivity contribution < 1.29 is 28.9 Å². The molecular formula is C21H26O6. The summed E-state index contributed by atoms with van der Waals surface area (Å²) in [7, 11) is 1.68. The molecule has 2 aromatic rings. The van der Waals surface area contributed by atoms with Gasteiger partial charge in [-0.25, -0.2) is 4.79 Å². The number of carboxylic acid groups (broad SMARTS) is 1. The van der Waals surface area contributed by atoms with E-state index in [2.05, 4.69) is 0 Å². The first-order valence-electron chi connectivity index (χ1n) is 8.60. The van der Waals surface area contributed by atoms with Gasteiger partial charge in [0.25, 0.3) is 0 Å². The van der Waals surface area contributed by atoms with Crippen molar-refractivity contribution >= 4 is 12.3 Å². The number of carbonyl (C=O) groups is 2. The van der Waals surface area contributed by atoms with Crippen LogP contribution < -0.4 is 9.47 Å². The molecule has 2 aromatic carbocycles. The average molecular weight is 374 g/mol. The summed E-state index contributed by atoms with van der Waals surface area (Å²) in [5.74, 6) is 0.530. The molecule has 0 saturated carbocycles. The fourth-order valence-corrected chi connectivity index (χ4v) is 2.23. The molecule has 27 heavy (non-hydrogen) atoms. The van der Waals surface area contributed by atoms with Crippen molar-refractivity contribution in [1.82, 2.24) is 0 Å². The van der Waals surface area contributed by atoms with E-state index in [0.717, 1.165) is 11.3 Å². The lowest BCUT2D eigenvalue weighted by atomic mass is 10.1. The Labute approximate surface area is 159 Å². The van der Waals surface area contributed by atoms with Gasteiger partial charge in [-0.3, -0.25) is 4.79 Å². The SMILES string of the molecule is CCOC(Cc1ccc(OCC=O)cc1)C(=O)O.COc1cccc(C)c1.